The van der Waals surface area contributed by atoms with Gasteiger partial charge in [0.05, 0.1) is 0 Å². The van der Waals surface area contributed by atoms with E-state index in [4.69, 9.17) is 4.74 Å². The van der Waals surface area contributed by atoms with Crippen LogP contribution in [0, 0.1) is 5.92 Å². The molecule has 0 radical (unpaired) electrons. The molecule has 0 saturated heterocycles. The summed E-state index contributed by atoms with van der Waals surface area (Å²) in [6, 6.07) is 16.1. The van der Waals surface area contributed by atoms with Gasteiger partial charge in [-0.3, -0.25) is 0 Å². The van der Waals surface area contributed by atoms with E-state index in [1.54, 1.807) is 6.20 Å². The molecule has 5 nitrogen and oxygen atoms in total. The summed E-state index contributed by atoms with van der Waals surface area (Å²) >= 11 is 0. The van der Waals surface area contributed by atoms with Gasteiger partial charge in [-0.2, -0.15) is 0 Å². The number of aromatic nitrogens is 1. The van der Waals surface area contributed by atoms with Gasteiger partial charge in [0.25, 0.3) is 0 Å². The number of amides is 1. The van der Waals surface area contributed by atoms with Crippen LogP contribution in [0.5, 0.6) is 0 Å². The van der Waals surface area contributed by atoms with Crippen molar-refractivity contribution >= 4 is 11.9 Å². The molecule has 0 aliphatic heterocycles. The highest BCUT2D eigenvalue weighted by Gasteiger charge is 2.21. The zero-order valence-electron chi connectivity index (χ0n) is 14.4. The molecule has 2 aromatic rings. The zero-order valence-corrected chi connectivity index (χ0v) is 14.4. The molecule has 1 aromatic carbocycles. The monoisotopic (exact) mass is 339 g/mol. The van der Waals surface area contributed by atoms with Crippen molar-refractivity contribution in [1.82, 2.24) is 10.3 Å². The van der Waals surface area contributed by atoms with E-state index in [2.05, 4.69) is 15.6 Å². The second-order valence-corrected chi connectivity index (χ2v) is 6.52. The van der Waals surface area contributed by atoms with Crippen molar-refractivity contribution in [3.8, 4) is 0 Å². The zero-order chi connectivity index (χ0) is 17.3. The number of nitrogens with one attached hydrogen (secondary N) is 2. The average molecular weight is 339 g/mol. The predicted octanol–water partition coefficient (Wildman–Crippen LogP) is 3.98. The third-order valence-corrected chi connectivity index (χ3v) is 4.61. The van der Waals surface area contributed by atoms with Crippen molar-refractivity contribution in [2.24, 2.45) is 5.92 Å². The van der Waals surface area contributed by atoms with E-state index in [0.717, 1.165) is 37.1 Å². The molecular weight excluding hydrogens is 314 g/mol. The second kappa shape index (κ2) is 9.06. The number of nitrogens with zero attached hydrogens (tertiary/aromatic N) is 1. The minimum absolute atomic E-state index is 0.313. The van der Waals surface area contributed by atoms with Crippen molar-refractivity contribution in [3.05, 3.63) is 60.3 Å². The van der Waals surface area contributed by atoms with Gasteiger partial charge in [-0.25, -0.2) is 9.78 Å². The van der Waals surface area contributed by atoms with E-state index in [1.807, 2.05) is 48.5 Å². The molecule has 132 valence electrons. The normalized spacial score (nSPS) is 19.8. The van der Waals surface area contributed by atoms with Gasteiger partial charge in [0, 0.05) is 18.8 Å². The number of carbonyl (C=O) groups is 1. The Bertz CT molecular complexity index is 641. The van der Waals surface area contributed by atoms with E-state index in [0.29, 0.717) is 25.1 Å². The SMILES string of the molecule is O=C(NC[C@H]1CC[C@H](Nc2ccccn2)CC1)OCc1ccccc1. The summed E-state index contributed by atoms with van der Waals surface area (Å²) in [5.74, 6) is 1.46. The smallest absolute Gasteiger partial charge is 0.407 e. The topological polar surface area (TPSA) is 63.2 Å². The number of hydrogen-bond donors (Lipinski definition) is 2. The molecule has 25 heavy (non-hydrogen) atoms. The highest BCUT2D eigenvalue weighted by molar-refractivity contribution is 5.67. The third kappa shape index (κ3) is 5.78. The van der Waals surface area contributed by atoms with Gasteiger partial charge in [-0.15, -0.1) is 0 Å². The summed E-state index contributed by atoms with van der Waals surface area (Å²) in [4.78, 5) is 16.1. The lowest BCUT2D eigenvalue weighted by atomic mass is 9.86. The molecule has 0 unspecified atom stereocenters. The molecule has 0 bridgehead atoms. The maximum atomic E-state index is 11.8. The summed E-state index contributed by atoms with van der Waals surface area (Å²) in [7, 11) is 0. The summed E-state index contributed by atoms with van der Waals surface area (Å²) in [5.41, 5.74) is 0.999. The molecular formula is C20H25N3O2. The molecule has 0 spiro atoms. The van der Waals surface area contributed by atoms with Crippen LogP contribution >= 0.6 is 0 Å². The fourth-order valence-corrected chi connectivity index (χ4v) is 3.17. The fourth-order valence-electron chi connectivity index (χ4n) is 3.17. The minimum Gasteiger partial charge on any atom is -0.445 e. The van der Waals surface area contributed by atoms with Gasteiger partial charge in [-0.05, 0) is 49.3 Å². The third-order valence-electron chi connectivity index (χ3n) is 4.61. The lowest BCUT2D eigenvalue weighted by Crippen LogP contribution is -2.34. The molecule has 1 heterocycles. The van der Waals surface area contributed by atoms with E-state index in [-0.39, 0.29) is 6.09 Å². The molecule has 1 fully saturated rings. The van der Waals surface area contributed by atoms with Gasteiger partial charge >= 0.3 is 6.09 Å². The van der Waals surface area contributed by atoms with Crippen LogP contribution in [0.2, 0.25) is 0 Å². The fraction of sp³-hybridized carbons (Fsp3) is 0.400. The van der Waals surface area contributed by atoms with Crippen molar-refractivity contribution < 1.29 is 9.53 Å². The Hall–Kier alpha value is -2.56. The van der Waals surface area contributed by atoms with Crippen LogP contribution in [-0.4, -0.2) is 23.7 Å². The van der Waals surface area contributed by atoms with Crippen LogP contribution in [0.4, 0.5) is 10.6 Å². The molecule has 1 amide bonds. The number of benzene rings is 1. The van der Waals surface area contributed by atoms with Gasteiger partial charge < -0.3 is 15.4 Å². The summed E-state index contributed by atoms with van der Waals surface area (Å²) in [5, 5.41) is 6.37. The Kier molecular flexibility index (Phi) is 6.26. The number of anilines is 1. The Labute approximate surface area is 148 Å². The number of carbonyl (C=O) groups excluding carboxylic acids is 1. The minimum atomic E-state index is -0.336. The largest absolute Gasteiger partial charge is 0.445 e. The number of alkyl carbamates (subject to hydrolysis) is 1. The lowest BCUT2D eigenvalue weighted by molar-refractivity contribution is 0.136. The second-order valence-electron chi connectivity index (χ2n) is 6.52. The number of rotatable bonds is 6. The maximum absolute atomic E-state index is 11.8. The Balaban J connectivity index is 1.31. The molecule has 1 aromatic heterocycles. The molecule has 1 aliphatic carbocycles. The van der Waals surface area contributed by atoms with E-state index >= 15 is 0 Å². The standard InChI is InChI=1S/C20H25N3O2/c24-20(25-15-17-6-2-1-3-7-17)22-14-16-9-11-18(12-10-16)23-19-8-4-5-13-21-19/h1-8,13,16,18H,9-12,14-15H2,(H,21,23)(H,22,24)/t16-,18-. The summed E-state index contributed by atoms with van der Waals surface area (Å²) in [6.07, 6.45) is 5.87. The van der Waals surface area contributed by atoms with Crippen LogP contribution in [-0.2, 0) is 11.3 Å². The van der Waals surface area contributed by atoms with Gasteiger partial charge in [0.2, 0.25) is 0 Å². The lowest BCUT2D eigenvalue weighted by Gasteiger charge is -2.29. The highest BCUT2D eigenvalue weighted by atomic mass is 16.5. The summed E-state index contributed by atoms with van der Waals surface area (Å²) < 4.78 is 5.25. The van der Waals surface area contributed by atoms with Crippen molar-refractivity contribution in [2.75, 3.05) is 11.9 Å². The maximum Gasteiger partial charge on any atom is 0.407 e. The van der Waals surface area contributed by atoms with Crippen LogP contribution in [0.25, 0.3) is 0 Å². The molecule has 3 rings (SSSR count). The van der Waals surface area contributed by atoms with Crippen LogP contribution in [0.3, 0.4) is 0 Å². The van der Waals surface area contributed by atoms with Crippen LogP contribution in [0.15, 0.2) is 54.7 Å². The molecule has 1 saturated carbocycles. The molecule has 5 heteroatoms. The molecule has 1 aliphatic rings. The van der Waals surface area contributed by atoms with E-state index in [1.165, 1.54) is 0 Å². The Morgan fingerprint density at radius 2 is 1.80 bits per heavy atom. The first-order valence-corrected chi connectivity index (χ1v) is 8.92. The number of ether oxygens (including phenoxy) is 1. The van der Waals surface area contributed by atoms with Crippen molar-refractivity contribution in [3.63, 3.8) is 0 Å². The number of hydrogen-bond acceptors (Lipinski definition) is 4. The van der Waals surface area contributed by atoms with Gasteiger partial charge in [-0.1, -0.05) is 36.4 Å². The first-order valence-electron chi connectivity index (χ1n) is 8.92. The van der Waals surface area contributed by atoms with E-state index < -0.39 is 0 Å². The average Bonchev–Trinajstić information content (AvgIpc) is 2.67. The Morgan fingerprint density at radius 1 is 1.04 bits per heavy atom. The van der Waals surface area contributed by atoms with E-state index in [9.17, 15) is 4.79 Å². The first kappa shape index (κ1) is 17.3. The van der Waals surface area contributed by atoms with Crippen LogP contribution in [0.1, 0.15) is 31.2 Å². The van der Waals surface area contributed by atoms with Crippen LogP contribution < -0.4 is 10.6 Å². The van der Waals surface area contributed by atoms with Gasteiger partial charge in [0.15, 0.2) is 0 Å². The molecule has 0 atom stereocenters. The number of pyridine rings is 1. The highest BCUT2D eigenvalue weighted by Crippen LogP contribution is 2.25. The first-order chi connectivity index (χ1) is 12.3. The van der Waals surface area contributed by atoms with Crippen molar-refractivity contribution in [1.29, 1.82) is 0 Å². The quantitative estimate of drug-likeness (QED) is 0.835. The summed E-state index contributed by atoms with van der Waals surface area (Å²) in [6.45, 7) is 0.997. The van der Waals surface area contributed by atoms with Crippen molar-refractivity contribution in [2.45, 2.75) is 38.3 Å². The van der Waals surface area contributed by atoms with Gasteiger partial charge in [0.1, 0.15) is 12.4 Å². The Morgan fingerprint density at radius 3 is 2.52 bits per heavy atom. The molecule has 2 N–H and O–H groups in total. The predicted molar refractivity (Wildman–Crippen MR) is 98.2 cm³/mol.